The first-order valence-electron chi connectivity index (χ1n) is 7.31. The molecule has 100 valence electrons. The van der Waals surface area contributed by atoms with Crippen molar-refractivity contribution in [2.45, 2.75) is 58.3 Å². The number of anilines is 2. The molecule has 0 saturated heterocycles. The smallest absolute Gasteiger partial charge is 0.0353 e. The van der Waals surface area contributed by atoms with Gasteiger partial charge in [-0.3, -0.25) is 0 Å². The molecule has 18 heavy (non-hydrogen) atoms. The Morgan fingerprint density at radius 3 is 2.44 bits per heavy atom. The van der Waals surface area contributed by atoms with Crippen molar-refractivity contribution in [3.05, 3.63) is 23.3 Å². The molecular formula is C16H26N2. The van der Waals surface area contributed by atoms with Crippen molar-refractivity contribution in [3.63, 3.8) is 0 Å². The van der Waals surface area contributed by atoms with Gasteiger partial charge in [0.15, 0.2) is 0 Å². The van der Waals surface area contributed by atoms with E-state index < -0.39 is 0 Å². The van der Waals surface area contributed by atoms with E-state index in [2.05, 4.69) is 13.8 Å². The lowest BCUT2D eigenvalue weighted by Gasteiger charge is -2.20. The number of nitrogen functional groups attached to an aromatic ring is 2. The van der Waals surface area contributed by atoms with Gasteiger partial charge in [0.1, 0.15) is 0 Å². The first-order valence-corrected chi connectivity index (χ1v) is 7.31. The summed E-state index contributed by atoms with van der Waals surface area (Å²) in [7, 11) is 0. The van der Waals surface area contributed by atoms with Gasteiger partial charge in [-0.1, -0.05) is 26.7 Å². The normalized spacial score (nSPS) is 16.8. The van der Waals surface area contributed by atoms with E-state index in [9.17, 15) is 0 Å². The molecule has 4 N–H and O–H groups in total. The van der Waals surface area contributed by atoms with Crippen molar-refractivity contribution in [2.24, 2.45) is 5.92 Å². The minimum atomic E-state index is 0.574. The second-order valence-corrected chi connectivity index (χ2v) is 5.72. The van der Waals surface area contributed by atoms with E-state index in [-0.39, 0.29) is 0 Å². The highest BCUT2D eigenvalue weighted by Gasteiger charge is 2.31. The van der Waals surface area contributed by atoms with Crippen LogP contribution in [0.4, 0.5) is 11.4 Å². The van der Waals surface area contributed by atoms with Crippen molar-refractivity contribution in [3.8, 4) is 0 Å². The third-order valence-corrected chi connectivity index (χ3v) is 4.24. The second-order valence-electron chi connectivity index (χ2n) is 5.72. The summed E-state index contributed by atoms with van der Waals surface area (Å²) in [5.74, 6) is 1.41. The number of nitrogens with two attached hydrogens (primary N) is 2. The predicted molar refractivity (Wildman–Crippen MR) is 79.6 cm³/mol. The van der Waals surface area contributed by atoms with Crippen LogP contribution in [0.25, 0.3) is 0 Å². The molecule has 1 unspecified atom stereocenters. The average Bonchev–Trinajstić information content (AvgIpc) is 3.17. The van der Waals surface area contributed by atoms with Crippen LogP contribution >= 0.6 is 0 Å². The number of rotatable bonds is 6. The Labute approximate surface area is 111 Å². The SMILES string of the molecule is CCCCCc1c(N)ccc(N)c1C(C)C1CC1. The predicted octanol–water partition coefficient (Wildman–Crippen LogP) is 4.10. The number of benzene rings is 1. The highest BCUT2D eigenvalue weighted by Crippen LogP contribution is 2.46. The fourth-order valence-electron chi connectivity index (χ4n) is 2.90. The van der Waals surface area contributed by atoms with Gasteiger partial charge in [-0.25, -0.2) is 0 Å². The summed E-state index contributed by atoms with van der Waals surface area (Å²) in [6.07, 6.45) is 7.51. The molecule has 1 saturated carbocycles. The van der Waals surface area contributed by atoms with Crippen LogP contribution in [0.1, 0.15) is 63.0 Å². The van der Waals surface area contributed by atoms with Crippen LogP contribution in [0, 0.1) is 5.92 Å². The van der Waals surface area contributed by atoms with Gasteiger partial charge in [-0.05, 0) is 60.8 Å². The summed E-state index contributed by atoms with van der Waals surface area (Å²) in [5, 5.41) is 0. The Hall–Kier alpha value is -1.18. The van der Waals surface area contributed by atoms with Crippen LogP contribution in [-0.4, -0.2) is 0 Å². The fraction of sp³-hybridized carbons (Fsp3) is 0.625. The van der Waals surface area contributed by atoms with Crippen molar-refractivity contribution < 1.29 is 0 Å². The molecule has 0 aromatic heterocycles. The quantitative estimate of drug-likeness (QED) is 0.586. The van der Waals surface area contributed by atoms with E-state index >= 15 is 0 Å². The first-order chi connectivity index (χ1) is 8.65. The van der Waals surface area contributed by atoms with E-state index in [1.807, 2.05) is 12.1 Å². The Kier molecular flexibility index (Phi) is 4.15. The van der Waals surface area contributed by atoms with Crippen molar-refractivity contribution in [2.75, 3.05) is 11.5 Å². The molecule has 1 fully saturated rings. The summed E-state index contributed by atoms with van der Waals surface area (Å²) in [4.78, 5) is 0. The number of hydrogen-bond acceptors (Lipinski definition) is 2. The van der Waals surface area contributed by atoms with E-state index in [0.717, 1.165) is 23.7 Å². The van der Waals surface area contributed by atoms with Crippen LogP contribution in [0.2, 0.25) is 0 Å². The maximum Gasteiger partial charge on any atom is 0.0353 e. The molecule has 1 aliphatic carbocycles. The molecule has 0 bridgehead atoms. The van der Waals surface area contributed by atoms with Crippen LogP contribution < -0.4 is 11.5 Å². The van der Waals surface area contributed by atoms with Gasteiger partial charge in [-0.15, -0.1) is 0 Å². The summed E-state index contributed by atoms with van der Waals surface area (Å²) in [6.45, 7) is 4.54. The molecule has 2 rings (SSSR count). The largest absolute Gasteiger partial charge is 0.398 e. The fourth-order valence-corrected chi connectivity index (χ4v) is 2.90. The van der Waals surface area contributed by atoms with Crippen molar-refractivity contribution in [1.82, 2.24) is 0 Å². The molecule has 1 atom stereocenters. The average molecular weight is 246 g/mol. The van der Waals surface area contributed by atoms with E-state index in [1.54, 1.807) is 0 Å². The molecule has 0 heterocycles. The number of unbranched alkanes of at least 4 members (excludes halogenated alkanes) is 2. The van der Waals surface area contributed by atoms with Gasteiger partial charge in [0.25, 0.3) is 0 Å². The zero-order chi connectivity index (χ0) is 13.1. The van der Waals surface area contributed by atoms with Gasteiger partial charge in [0.05, 0.1) is 0 Å². The molecule has 2 heteroatoms. The zero-order valence-corrected chi connectivity index (χ0v) is 11.7. The summed E-state index contributed by atoms with van der Waals surface area (Å²) < 4.78 is 0. The molecule has 1 aliphatic rings. The lowest BCUT2D eigenvalue weighted by molar-refractivity contribution is 0.648. The van der Waals surface area contributed by atoms with Crippen molar-refractivity contribution in [1.29, 1.82) is 0 Å². The molecular weight excluding hydrogens is 220 g/mol. The van der Waals surface area contributed by atoms with E-state index in [0.29, 0.717) is 5.92 Å². The molecule has 2 nitrogen and oxygen atoms in total. The molecule has 1 aromatic rings. The highest BCUT2D eigenvalue weighted by atomic mass is 14.6. The molecule has 0 amide bonds. The maximum atomic E-state index is 6.21. The van der Waals surface area contributed by atoms with Gasteiger partial charge < -0.3 is 11.5 Å². The van der Waals surface area contributed by atoms with E-state index in [1.165, 1.54) is 43.2 Å². The monoisotopic (exact) mass is 246 g/mol. The standard InChI is InChI=1S/C16H26N2/c1-3-4-5-6-13-14(17)9-10-15(18)16(13)11(2)12-7-8-12/h9-12H,3-8,17-18H2,1-2H3. The van der Waals surface area contributed by atoms with Crippen LogP contribution in [0.3, 0.4) is 0 Å². The van der Waals surface area contributed by atoms with Crippen molar-refractivity contribution >= 4 is 11.4 Å². The lowest BCUT2D eigenvalue weighted by atomic mass is 9.87. The van der Waals surface area contributed by atoms with Gasteiger partial charge in [0, 0.05) is 11.4 Å². The highest BCUT2D eigenvalue weighted by molar-refractivity contribution is 5.63. The molecule has 0 spiro atoms. The van der Waals surface area contributed by atoms with Crippen LogP contribution in [0.5, 0.6) is 0 Å². The van der Waals surface area contributed by atoms with Crippen LogP contribution in [0.15, 0.2) is 12.1 Å². The van der Waals surface area contributed by atoms with E-state index in [4.69, 9.17) is 11.5 Å². The summed E-state index contributed by atoms with van der Waals surface area (Å²) in [5.41, 5.74) is 16.9. The van der Waals surface area contributed by atoms with Gasteiger partial charge >= 0.3 is 0 Å². The minimum Gasteiger partial charge on any atom is -0.398 e. The molecule has 0 aliphatic heterocycles. The zero-order valence-electron chi connectivity index (χ0n) is 11.7. The first kappa shape index (κ1) is 13.3. The summed E-state index contributed by atoms with van der Waals surface area (Å²) in [6, 6.07) is 3.95. The number of hydrogen-bond donors (Lipinski definition) is 2. The molecule has 1 aromatic carbocycles. The third-order valence-electron chi connectivity index (χ3n) is 4.24. The van der Waals surface area contributed by atoms with Crippen LogP contribution in [-0.2, 0) is 6.42 Å². The summed E-state index contributed by atoms with van der Waals surface area (Å²) >= 11 is 0. The Morgan fingerprint density at radius 1 is 1.17 bits per heavy atom. The maximum absolute atomic E-state index is 6.21. The topological polar surface area (TPSA) is 52.0 Å². The van der Waals surface area contributed by atoms with Gasteiger partial charge in [-0.2, -0.15) is 0 Å². The Morgan fingerprint density at radius 2 is 1.83 bits per heavy atom. The Bertz CT molecular complexity index is 408. The molecule has 0 radical (unpaired) electrons. The second kappa shape index (κ2) is 5.64. The van der Waals surface area contributed by atoms with Gasteiger partial charge in [0.2, 0.25) is 0 Å². The third kappa shape index (κ3) is 2.80. The Balaban J connectivity index is 2.25. The minimum absolute atomic E-state index is 0.574. The lowest BCUT2D eigenvalue weighted by Crippen LogP contribution is -2.09.